The smallest absolute Gasteiger partial charge is 0.339 e. The van der Waals surface area contributed by atoms with Crippen LogP contribution in [-0.2, 0) is 20.1 Å². The topological polar surface area (TPSA) is 80.3 Å². The summed E-state index contributed by atoms with van der Waals surface area (Å²) in [5.41, 5.74) is 2.32. The normalized spacial score (nSPS) is 10.9. The number of hydrogen-bond acceptors (Lipinski definition) is 4. The van der Waals surface area contributed by atoms with Gasteiger partial charge in [-0.3, -0.25) is 4.68 Å². The Kier molecular flexibility index (Phi) is 3.71. The molecule has 0 saturated carbocycles. The molecule has 0 bridgehead atoms. The zero-order valence-electron chi connectivity index (χ0n) is 11.2. The lowest BCUT2D eigenvalue weighted by Crippen LogP contribution is -2.12. The quantitative estimate of drug-likeness (QED) is 0.856. The van der Waals surface area contributed by atoms with Crippen LogP contribution in [0.5, 0.6) is 0 Å². The van der Waals surface area contributed by atoms with Crippen LogP contribution < -0.4 is 5.32 Å². The fourth-order valence-corrected chi connectivity index (χ4v) is 1.99. The van der Waals surface area contributed by atoms with E-state index in [1.807, 2.05) is 20.2 Å². The first-order valence-corrected chi connectivity index (χ1v) is 6.00. The van der Waals surface area contributed by atoms with E-state index in [0.29, 0.717) is 24.6 Å². The van der Waals surface area contributed by atoms with Crippen molar-refractivity contribution in [3.05, 3.63) is 40.6 Å². The van der Waals surface area contributed by atoms with Crippen LogP contribution in [0.3, 0.4) is 0 Å². The van der Waals surface area contributed by atoms with Crippen LogP contribution in [0.1, 0.15) is 33.1 Å². The molecule has 2 aromatic rings. The number of carboxylic acid groups (broad SMARTS) is 1. The molecule has 0 saturated heterocycles. The van der Waals surface area contributed by atoms with E-state index in [0.717, 1.165) is 11.3 Å². The summed E-state index contributed by atoms with van der Waals surface area (Å²) in [6.07, 6.45) is 1.96. The Labute approximate surface area is 111 Å². The molecular weight excluding hydrogens is 246 g/mol. The third-order valence-electron chi connectivity index (χ3n) is 2.93. The van der Waals surface area contributed by atoms with Crippen LogP contribution in [0.15, 0.2) is 16.7 Å². The van der Waals surface area contributed by atoms with Crippen LogP contribution in [0, 0.1) is 13.8 Å². The van der Waals surface area contributed by atoms with Gasteiger partial charge < -0.3 is 14.8 Å². The van der Waals surface area contributed by atoms with Crippen molar-refractivity contribution >= 4 is 5.97 Å². The molecule has 6 heteroatoms. The second-order valence-electron chi connectivity index (χ2n) is 4.50. The van der Waals surface area contributed by atoms with Gasteiger partial charge in [0.15, 0.2) is 0 Å². The molecule has 102 valence electrons. The van der Waals surface area contributed by atoms with E-state index in [2.05, 4.69) is 10.4 Å². The Bertz CT molecular complexity index is 598. The zero-order chi connectivity index (χ0) is 14.0. The molecule has 2 rings (SSSR count). The summed E-state index contributed by atoms with van der Waals surface area (Å²) in [5, 5.41) is 16.4. The van der Waals surface area contributed by atoms with Crippen molar-refractivity contribution in [1.29, 1.82) is 0 Å². The van der Waals surface area contributed by atoms with Crippen LogP contribution in [0.25, 0.3) is 0 Å². The third kappa shape index (κ3) is 3.03. The minimum absolute atomic E-state index is 0.217. The molecule has 0 radical (unpaired) electrons. The lowest BCUT2D eigenvalue weighted by molar-refractivity contribution is 0.0695. The fraction of sp³-hybridized carbons (Fsp3) is 0.385. The molecular formula is C13H17N3O3. The van der Waals surface area contributed by atoms with Crippen molar-refractivity contribution in [2.75, 3.05) is 0 Å². The average molecular weight is 263 g/mol. The highest BCUT2D eigenvalue weighted by Gasteiger charge is 2.13. The number of carbonyl (C=O) groups is 1. The van der Waals surface area contributed by atoms with Gasteiger partial charge >= 0.3 is 5.97 Å². The highest BCUT2D eigenvalue weighted by molar-refractivity contribution is 5.88. The zero-order valence-corrected chi connectivity index (χ0v) is 11.2. The van der Waals surface area contributed by atoms with Gasteiger partial charge in [-0.05, 0) is 19.9 Å². The maximum atomic E-state index is 10.9. The number of furan rings is 1. The molecule has 0 aliphatic rings. The van der Waals surface area contributed by atoms with Crippen LogP contribution in [0.4, 0.5) is 0 Å². The molecule has 0 aliphatic carbocycles. The number of aromatic carboxylic acids is 1. The monoisotopic (exact) mass is 263 g/mol. The summed E-state index contributed by atoms with van der Waals surface area (Å²) >= 11 is 0. The first-order valence-electron chi connectivity index (χ1n) is 6.00. The molecule has 2 N–H and O–H groups in total. The highest BCUT2D eigenvalue weighted by atomic mass is 16.4. The number of nitrogens with one attached hydrogen (secondary N) is 1. The molecule has 0 atom stereocenters. The lowest BCUT2D eigenvalue weighted by Gasteiger charge is -2.00. The molecule has 0 unspecified atom stereocenters. The van der Waals surface area contributed by atoms with Crippen molar-refractivity contribution in [2.24, 2.45) is 7.05 Å². The molecule has 0 aliphatic heterocycles. The van der Waals surface area contributed by atoms with E-state index in [4.69, 9.17) is 9.52 Å². The standard InChI is InChI=1S/C13H17N3O3/c1-8-10(7-16(3)15-8)5-14-6-11-4-12(13(17)18)9(2)19-11/h4,7,14H,5-6H2,1-3H3,(H,17,18). The predicted octanol–water partition coefficient (Wildman–Crippen LogP) is 1.62. The van der Waals surface area contributed by atoms with Gasteiger partial charge in [0.25, 0.3) is 0 Å². The van der Waals surface area contributed by atoms with Crippen molar-refractivity contribution in [2.45, 2.75) is 26.9 Å². The summed E-state index contributed by atoms with van der Waals surface area (Å²) in [7, 11) is 1.88. The van der Waals surface area contributed by atoms with E-state index in [1.54, 1.807) is 17.7 Å². The van der Waals surface area contributed by atoms with Crippen molar-refractivity contribution in [3.63, 3.8) is 0 Å². The van der Waals surface area contributed by atoms with Crippen LogP contribution in [0.2, 0.25) is 0 Å². The molecule has 0 spiro atoms. The Morgan fingerprint density at radius 2 is 2.21 bits per heavy atom. The Morgan fingerprint density at radius 1 is 1.47 bits per heavy atom. The molecule has 0 amide bonds. The van der Waals surface area contributed by atoms with Gasteiger partial charge in [-0.1, -0.05) is 0 Å². The minimum atomic E-state index is -0.962. The van der Waals surface area contributed by atoms with E-state index in [9.17, 15) is 4.79 Å². The number of hydrogen-bond donors (Lipinski definition) is 2. The fourth-order valence-electron chi connectivity index (χ4n) is 1.99. The van der Waals surface area contributed by atoms with E-state index in [1.165, 1.54) is 0 Å². The van der Waals surface area contributed by atoms with Crippen LogP contribution in [-0.4, -0.2) is 20.9 Å². The highest BCUT2D eigenvalue weighted by Crippen LogP contribution is 2.14. The summed E-state index contributed by atoms with van der Waals surface area (Å²) in [4.78, 5) is 10.9. The molecule has 2 aromatic heterocycles. The summed E-state index contributed by atoms with van der Waals surface area (Å²) in [5.74, 6) is 0.0916. The Hall–Kier alpha value is -2.08. The van der Waals surface area contributed by atoms with E-state index < -0.39 is 5.97 Å². The van der Waals surface area contributed by atoms with Gasteiger partial charge in [-0.2, -0.15) is 5.10 Å². The van der Waals surface area contributed by atoms with Crippen molar-refractivity contribution < 1.29 is 14.3 Å². The van der Waals surface area contributed by atoms with E-state index in [-0.39, 0.29) is 5.56 Å². The van der Waals surface area contributed by atoms with Crippen molar-refractivity contribution in [3.8, 4) is 0 Å². The summed E-state index contributed by atoms with van der Waals surface area (Å²) in [6.45, 7) is 4.76. The van der Waals surface area contributed by atoms with Gasteiger partial charge in [0.05, 0.1) is 12.2 Å². The lowest BCUT2D eigenvalue weighted by atomic mass is 10.2. The summed E-state index contributed by atoms with van der Waals surface area (Å²) < 4.78 is 7.15. The number of rotatable bonds is 5. The third-order valence-corrected chi connectivity index (χ3v) is 2.93. The average Bonchev–Trinajstić information content (AvgIpc) is 2.83. The SMILES string of the molecule is Cc1nn(C)cc1CNCc1cc(C(=O)O)c(C)o1. The van der Waals surface area contributed by atoms with Crippen molar-refractivity contribution in [1.82, 2.24) is 15.1 Å². The first-order chi connectivity index (χ1) is 8.97. The van der Waals surface area contributed by atoms with Gasteiger partial charge in [-0.25, -0.2) is 4.79 Å². The van der Waals surface area contributed by atoms with Crippen LogP contribution >= 0.6 is 0 Å². The summed E-state index contributed by atoms with van der Waals surface area (Å²) in [6, 6.07) is 1.56. The largest absolute Gasteiger partial charge is 0.478 e. The van der Waals surface area contributed by atoms with Gasteiger partial charge in [0.2, 0.25) is 0 Å². The van der Waals surface area contributed by atoms with E-state index >= 15 is 0 Å². The number of nitrogens with zero attached hydrogens (tertiary/aromatic N) is 2. The second-order valence-corrected chi connectivity index (χ2v) is 4.50. The molecule has 0 aromatic carbocycles. The Morgan fingerprint density at radius 3 is 2.74 bits per heavy atom. The second kappa shape index (κ2) is 5.27. The first kappa shape index (κ1) is 13.4. The predicted molar refractivity (Wildman–Crippen MR) is 68.9 cm³/mol. The van der Waals surface area contributed by atoms with Gasteiger partial charge in [0, 0.05) is 25.4 Å². The molecule has 0 fully saturated rings. The molecule has 6 nitrogen and oxygen atoms in total. The molecule has 19 heavy (non-hydrogen) atoms. The molecule has 2 heterocycles. The Balaban J connectivity index is 1.94. The number of carboxylic acids is 1. The maximum Gasteiger partial charge on any atom is 0.339 e. The maximum absolute atomic E-state index is 10.9. The minimum Gasteiger partial charge on any atom is -0.478 e. The number of aryl methyl sites for hydroxylation is 3. The number of aromatic nitrogens is 2. The van der Waals surface area contributed by atoms with Gasteiger partial charge in [0.1, 0.15) is 17.1 Å². The van der Waals surface area contributed by atoms with Gasteiger partial charge in [-0.15, -0.1) is 0 Å².